The molecule has 0 bridgehead atoms. The lowest BCUT2D eigenvalue weighted by molar-refractivity contribution is -0.656. The van der Waals surface area contributed by atoms with Crippen LogP contribution in [-0.2, 0) is 5.72 Å². The quantitative estimate of drug-likeness (QED) is 0.859. The van der Waals surface area contributed by atoms with E-state index in [2.05, 4.69) is 40.7 Å². The van der Waals surface area contributed by atoms with Gasteiger partial charge in [0.05, 0.1) is 6.54 Å². The number of aryl methyl sites for hydroxylation is 1. The van der Waals surface area contributed by atoms with E-state index in [1.54, 1.807) is 0 Å². The number of benzene rings is 2. The first-order chi connectivity index (χ1) is 11.2. The third-order valence-electron chi connectivity index (χ3n) is 4.63. The summed E-state index contributed by atoms with van der Waals surface area (Å²) in [7, 11) is 0. The summed E-state index contributed by atoms with van der Waals surface area (Å²) < 4.78 is 2.18. The van der Waals surface area contributed by atoms with Crippen LogP contribution in [0.2, 0.25) is 0 Å². The molecule has 118 valence electrons. The van der Waals surface area contributed by atoms with Crippen LogP contribution in [0.15, 0.2) is 54.6 Å². The first kappa shape index (κ1) is 14.8. The minimum absolute atomic E-state index is 0.572. The maximum atomic E-state index is 11.5. The van der Waals surface area contributed by atoms with E-state index in [4.69, 9.17) is 0 Å². The van der Waals surface area contributed by atoms with Crippen molar-refractivity contribution in [3.63, 3.8) is 0 Å². The molecule has 2 aliphatic heterocycles. The largest absolute Gasteiger partial charge is 0.346 e. The van der Waals surface area contributed by atoms with Crippen molar-refractivity contribution in [1.29, 1.82) is 0 Å². The highest BCUT2D eigenvalue weighted by atomic mass is 32.2. The third kappa shape index (κ3) is 2.46. The summed E-state index contributed by atoms with van der Waals surface area (Å²) in [5.41, 5.74) is 2.42. The third-order valence-corrected chi connectivity index (χ3v) is 5.82. The summed E-state index contributed by atoms with van der Waals surface area (Å²) in [5.74, 6) is 1.11. The van der Waals surface area contributed by atoms with E-state index in [9.17, 15) is 5.11 Å². The molecule has 0 fully saturated rings. The van der Waals surface area contributed by atoms with Crippen LogP contribution in [0.25, 0.3) is 0 Å². The molecule has 0 amide bonds. The molecule has 3 nitrogen and oxygen atoms in total. The summed E-state index contributed by atoms with van der Waals surface area (Å²) >= 11 is 1.85. The summed E-state index contributed by atoms with van der Waals surface area (Å²) in [6.07, 6.45) is 1.10. The lowest BCUT2D eigenvalue weighted by atomic mass is 10.0. The Bertz CT molecular complexity index is 742. The van der Waals surface area contributed by atoms with E-state index in [-0.39, 0.29) is 0 Å². The van der Waals surface area contributed by atoms with Gasteiger partial charge in [-0.3, -0.25) is 0 Å². The topological polar surface area (TPSA) is 26.5 Å². The fraction of sp³-hybridized carbons (Fsp3) is 0.316. The smallest absolute Gasteiger partial charge is 0.316 e. The molecule has 0 saturated carbocycles. The Kier molecular flexibility index (Phi) is 3.66. The summed E-state index contributed by atoms with van der Waals surface area (Å²) in [6, 6.07) is 18.6. The van der Waals surface area contributed by atoms with Gasteiger partial charge in [0.2, 0.25) is 0 Å². The predicted molar refractivity (Wildman–Crippen MR) is 96.1 cm³/mol. The number of anilines is 1. The second kappa shape index (κ2) is 5.69. The van der Waals surface area contributed by atoms with Crippen LogP contribution in [0, 0.1) is 6.92 Å². The van der Waals surface area contributed by atoms with Gasteiger partial charge in [0, 0.05) is 11.3 Å². The molecule has 1 unspecified atom stereocenters. The molecule has 0 aromatic heterocycles. The molecule has 0 saturated heterocycles. The zero-order chi connectivity index (χ0) is 15.9. The molecule has 1 N–H and O–H groups in total. The molecule has 2 aromatic rings. The van der Waals surface area contributed by atoms with Gasteiger partial charge in [0.1, 0.15) is 5.69 Å². The number of nitrogens with zero attached hydrogens (tertiary/aromatic N) is 2. The van der Waals surface area contributed by atoms with E-state index in [0.29, 0.717) is 6.54 Å². The Morgan fingerprint density at radius 3 is 2.57 bits per heavy atom. The van der Waals surface area contributed by atoms with Crippen molar-refractivity contribution >= 4 is 22.6 Å². The molecule has 0 spiro atoms. The van der Waals surface area contributed by atoms with Gasteiger partial charge in [0.15, 0.2) is 6.54 Å². The molecular formula is C19H21N2OS+. The highest BCUT2D eigenvalue weighted by Gasteiger charge is 2.53. The number of hydrogen-bond donors (Lipinski definition) is 1. The Hall–Kier alpha value is -1.78. The van der Waals surface area contributed by atoms with Crippen LogP contribution >= 0.6 is 11.8 Å². The Morgan fingerprint density at radius 1 is 1.09 bits per heavy atom. The van der Waals surface area contributed by atoms with Gasteiger partial charge in [-0.2, -0.15) is 0 Å². The van der Waals surface area contributed by atoms with Crippen LogP contribution in [0.3, 0.4) is 0 Å². The Balaban J connectivity index is 1.79. The van der Waals surface area contributed by atoms with Crippen LogP contribution in [0.5, 0.6) is 0 Å². The van der Waals surface area contributed by atoms with E-state index in [1.807, 2.05) is 42.1 Å². The van der Waals surface area contributed by atoms with Crippen LogP contribution in [0.1, 0.15) is 17.5 Å². The Morgan fingerprint density at radius 2 is 1.83 bits per heavy atom. The summed E-state index contributed by atoms with van der Waals surface area (Å²) in [5, 5.41) is 12.7. The standard InChI is InChI=1S/C19H21N2OS/c1-15-8-10-17(11-9-15)20-14-19(22,16-6-3-2-4-7-16)21-12-5-13-23-18(20)21/h2-4,6-11,22H,5,12-14H2,1H3/q+1. The maximum absolute atomic E-state index is 11.5. The van der Waals surface area contributed by atoms with Crippen molar-refractivity contribution < 1.29 is 9.68 Å². The lowest BCUT2D eigenvalue weighted by Gasteiger charge is -2.24. The van der Waals surface area contributed by atoms with Gasteiger partial charge < -0.3 is 5.11 Å². The van der Waals surface area contributed by atoms with Crippen LogP contribution in [0.4, 0.5) is 5.69 Å². The first-order valence-corrected chi connectivity index (χ1v) is 9.06. The molecule has 23 heavy (non-hydrogen) atoms. The van der Waals surface area contributed by atoms with Crippen molar-refractivity contribution in [3.05, 3.63) is 65.7 Å². The number of β-amino-alcohol motifs (C(OH)–C–C–N with tert-alkyl or cyclic N) is 1. The van der Waals surface area contributed by atoms with E-state index in [0.717, 1.165) is 30.0 Å². The second-order valence-electron chi connectivity index (χ2n) is 6.24. The zero-order valence-electron chi connectivity index (χ0n) is 13.3. The minimum atomic E-state index is -0.950. The van der Waals surface area contributed by atoms with Gasteiger partial charge in [-0.05, 0) is 37.2 Å². The van der Waals surface area contributed by atoms with Crippen molar-refractivity contribution in [2.75, 3.05) is 23.7 Å². The average Bonchev–Trinajstić information content (AvgIpc) is 2.91. The van der Waals surface area contributed by atoms with Gasteiger partial charge in [-0.1, -0.05) is 48.0 Å². The number of hydrogen-bond acceptors (Lipinski definition) is 3. The molecule has 2 heterocycles. The Labute approximate surface area is 141 Å². The zero-order valence-corrected chi connectivity index (χ0v) is 14.1. The predicted octanol–water partition coefficient (Wildman–Crippen LogP) is 3.17. The lowest BCUT2D eigenvalue weighted by Crippen LogP contribution is -2.41. The molecule has 2 aromatic carbocycles. The maximum Gasteiger partial charge on any atom is 0.316 e. The average molecular weight is 325 g/mol. The molecule has 1 atom stereocenters. The highest BCUT2D eigenvalue weighted by molar-refractivity contribution is 8.13. The molecule has 0 radical (unpaired) electrons. The number of aliphatic hydroxyl groups is 1. The van der Waals surface area contributed by atoms with E-state index in [1.165, 1.54) is 10.7 Å². The summed E-state index contributed by atoms with van der Waals surface area (Å²) in [6.45, 7) is 3.57. The fourth-order valence-electron chi connectivity index (χ4n) is 3.38. The summed E-state index contributed by atoms with van der Waals surface area (Å²) in [4.78, 5) is 2.26. The molecule has 2 aliphatic rings. The van der Waals surface area contributed by atoms with Gasteiger partial charge in [-0.25, -0.2) is 9.48 Å². The van der Waals surface area contributed by atoms with Crippen molar-refractivity contribution in [2.24, 2.45) is 0 Å². The highest BCUT2D eigenvalue weighted by Crippen LogP contribution is 2.37. The minimum Gasteiger partial charge on any atom is -0.346 e. The van der Waals surface area contributed by atoms with E-state index < -0.39 is 5.72 Å². The fourth-order valence-corrected chi connectivity index (χ4v) is 4.56. The van der Waals surface area contributed by atoms with Gasteiger partial charge in [-0.15, -0.1) is 0 Å². The van der Waals surface area contributed by atoms with E-state index >= 15 is 0 Å². The van der Waals surface area contributed by atoms with Crippen molar-refractivity contribution in [3.8, 4) is 0 Å². The number of rotatable bonds is 2. The van der Waals surface area contributed by atoms with Gasteiger partial charge in [0.25, 0.3) is 5.72 Å². The SMILES string of the molecule is Cc1ccc(N2CC(O)(c3ccccc3)[N+]3=C2SCCC3)cc1. The number of thioether (sulfide) groups is 1. The molecule has 0 aliphatic carbocycles. The first-order valence-electron chi connectivity index (χ1n) is 8.08. The molecule has 4 heteroatoms. The van der Waals surface area contributed by atoms with Gasteiger partial charge >= 0.3 is 5.17 Å². The normalized spacial score (nSPS) is 24.0. The molecular weight excluding hydrogens is 304 g/mol. The van der Waals surface area contributed by atoms with Crippen LogP contribution in [-0.4, -0.2) is 33.7 Å². The van der Waals surface area contributed by atoms with Crippen molar-refractivity contribution in [1.82, 2.24) is 0 Å². The second-order valence-corrected chi connectivity index (χ2v) is 7.30. The van der Waals surface area contributed by atoms with Crippen LogP contribution < -0.4 is 4.90 Å². The molecule has 4 rings (SSSR count). The monoisotopic (exact) mass is 325 g/mol. The van der Waals surface area contributed by atoms with Crippen molar-refractivity contribution in [2.45, 2.75) is 19.1 Å². The number of amidine groups is 1.